The molecule has 0 atom stereocenters. The van der Waals surface area contributed by atoms with Crippen molar-refractivity contribution in [3.8, 4) is 11.3 Å². The van der Waals surface area contributed by atoms with E-state index in [1.807, 2.05) is 36.5 Å². The summed E-state index contributed by atoms with van der Waals surface area (Å²) < 4.78 is 0. The van der Waals surface area contributed by atoms with Gasteiger partial charge in [-0.05, 0) is 23.6 Å². The second-order valence-corrected chi connectivity index (χ2v) is 4.30. The van der Waals surface area contributed by atoms with Gasteiger partial charge in [0.15, 0.2) is 0 Å². The summed E-state index contributed by atoms with van der Waals surface area (Å²) in [5.41, 5.74) is 2.04. The predicted molar refractivity (Wildman–Crippen MR) is 74.1 cm³/mol. The molecule has 3 heteroatoms. The first-order valence-corrected chi connectivity index (χ1v) is 5.92. The number of hydrogen-bond donors (Lipinski definition) is 1. The van der Waals surface area contributed by atoms with Gasteiger partial charge in [-0.25, -0.2) is 4.79 Å². The smallest absolute Gasteiger partial charge is 0.335 e. The minimum Gasteiger partial charge on any atom is -0.478 e. The molecule has 3 rings (SSSR count). The molecule has 1 N–H and O–H groups in total. The topological polar surface area (TPSA) is 50.2 Å². The first-order valence-electron chi connectivity index (χ1n) is 5.92. The zero-order chi connectivity index (χ0) is 13.2. The molecule has 0 aliphatic rings. The maximum absolute atomic E-state index is 10.8. The van der Waals surface area contributed by atoms with Gasteiger partial charge in [-0.1, -0.05) is 36.4 Å². The highest BCUT2D eigenvalue weighted by Gasteiger charge is 2.04. The van der Waals surface area contributed by atoms with Gasteiger partial charge in [0.2, 0.25) is 0 Å². The molecule has 0 spiro atoms. The van der Waals surface area contributed by atoms with E-state index in [1.54, 1.807) is 24.3 Å². The van der Waals surface area contributed by atoms with Crippen molar-refractivity contribution in [1.82, 2.24) is 4.98 Å². The van der Waals surface area contributed by atoms with E-state index in [2.05, 4.69) is 4.98 Å². The Bertz CT molecular complexity index is 748. The molecule has 3 aromatic rings. The number of pyridine rings is 1. The molecule has 0 unspecified atom stereocenters. The van der Waals surface area contributed by atoms with Gasteiger partial charge in [0.25, 0.3) is 0 Å². The third-order valence-corrected chi connectivity index (χ3v) is 3.06. The van der Waals surface area contributed by atoms with Crippen LogP contribution in [-0.2, 0) is 0 Å². The number of rotatable bonds is 2. The summed E-state index contributed by atoms with van der Waals surface area (Å²) in [5, 5.41) is 11.1. The van der Waals surface area contributed by atoms with Crippen LogP contribution in [0.5, 0.6) is 0 Å². The number of fused-ring (bicyclic) bond motifs is 1. The highest BCUT2D eigenvalue weighted by molar-refractivity contribution is 5.89. The standard InChI is InChI=1S/C16H11NO2/c18-16(19)12-7-5-11(6-8-12)15-9-13-3-1-2-4-14(13)10-17-15/h1-10H,(H,18,19). The Kier molecular flexibility index (Phi) is 2.72. The lowest BCUT2D eigenvalue weighted by atomic mass is 10.1. The van der Waals surface area contributed by atoms with Crippen LogP contribution in [-0.4, -0.2) is 16.1 Å². The summed E-state index contributed by atoms with van der Waals surface area (Å²) in [7, 11) is 0. The Morgan fingerprint density at radius 2 is 1.63 bits per heavy atom. The predicted octanol–water partition coefficient (Wildman–Crippen LogP) is 3.60. The first-order chi connectivity index (χ1) is 9.24. The molecular formula is C16H11NO2. The first kappa shape index (κ1) is 11.4. The molecule has 0 bridgehead atoms. The van der Waals surface area contributed by atoms with E-state index in [0.717, 1.165) is 22.0 Å². The van der Waals surface area contributed by atoms with E-state index in [0.29, 0.717) is 0 Å². The minimum atomic E-state index is -0.918. The van der Waals surface area contributed by atoms with Gasteiger partial charge < -0.3 is 5.11 Å². The molecule has 0 aliphatic carbocycles. The van der Waals surface area contributed by atoms with Crippen molar-refractivity contribution in [1.29, 1.82) is 0 Å². The molecule has 92 valence electrons. The Morgan fingerprint density at radius 1 is 0.947 bits per heavy atom. The molecule has 0 radical (unpaired) electrons. The monoisotopic (exact) mass is 249 g/mol. The number of hydrogen-bond acceptors (Lipinski definition) is 2. The Morgan fingerprint density at radius 3 is 2.32 bits per heavy atom. The van der Waals surface area contributed by atoms with Crippen LogP contribution in [0, 0.1) is 0 Å². The zero-order valence-electron chi connectivity index (χ0n) is 10.1. The second kappa shape index (κ2) is 4.53. The largest absolute Gasteiger partial charge is 0.478 e. The number of benzene rings is 2. The van der Waals surface area contributed by atoms with Gasteiger partial charge in [0, 0.05) is 17.1 Å². The van der Waals surface area contributed by atoms with Crippen molar-refractivity contribution in [2.75, 3.05) is 0 Å². The highest BCUT2D eigenvalue weighted by Crippen LogP contribution is 2.22. The Balaban J connectivity index is 2.06. The quantitative estimate of drug-likeness (QED) is 0.754. The molecule has 1 aromatic heterocycles. The fourth-order valence-corrected chi connectivity index (χ4v) is 2.02. The van der Waals surface area contributed by atoms with E-state index in [4.69, 9.17) is 5.11 Å². The molecule has 0 amide bonds. The van der Waals surface area contributed by atoms with E-state index < -0.39 is 5.97 Å². The van der Waals surface area contributed by atoms with Crippen molar-refractivity contribution < 1.29 is 9.90 Å². The molecule has 1 heterocycles. The summed E-state index contributed by atoms with van der Waals surface area (Å²) >= 11 is 0. The lowest BCUT2D eigenvalue weighted by molar-refractivity contribution is 0.0697. The maximum Gasteiger partial charge on any atom is 0.335 e. The van der Waals surface area contributed by atoms with Crippen LogP contribution in [0.4, 0.5) is 0 Å². The summed E-state index contributed by atoms with van der Waals surface area (Å²) in [6, 6.07) is 16.8. The van der Waals surface area contributed by atoms with Crippen LogP contribution in [0.3, 0.4) is 0 Å². The van der Waals surface area contributed by atoms with Gasteiger partial charge in [-0.2, -0.15) is 0 Å². The Labute approximate surface area is 110 Å². The van der Waals surface area contributed by atoms with Crippen molar-refractivity contribution in [2.24, 2.45) is 0 Å². The molecule has 0 saturated carbocycles. The number of aromatic nitrogens is 1. The number of carboxylic acids is 1. The molecule has 19 heavy (non-hydrogen) atoms. The summed E-state index contributed by atoms with van der Waals surface area (Å²) in [4.78, 5) is 15.2. The van der Waals surface area contributed by atoms with Crippen LogP contribution in [0.1, 0.15) is 10.4 Å². The maximum atomic E-state index is 10.8. The lowest BCUT2D eigenvalue weighted by Crippen LogP contribution is -1.95. The summed E-state index contributed by atoms with van der Waals surface area (Å²) in [6.07, 6.45) is 1.83. The summed E-state index contributed by atoms with van der Waals surface area (Å²) in [5.74, 6) is -0.918. The number of aromatic carboxylic acids is 1. The molecule has 0 aliphatic heterocycles. The van der Waals surface area contributed by atoms with Crippen LogP contribution >= 0.6 is 0 Å². The molecule has 3 nitrogen and oxygen atoms in total. The van der Waals surface area contributed by atoms with Crippen LogP contribution in [0.15, 0.2) is 60.8 Å². The van der Waals surface area contributed by atoms with E-state index in [1.165, 1.54) is 0 Å². The third kappa shape index (κ3) is 2.18. The third-order valence-electron chi connectivity index (χ3n) is 3.06. The van der Waals surface area contributed by atoms with Crippen molar-refractivity contribution in [2.45, 2.75) is 0 Å². The van der Waals surface area contributed by atoms with Gasteiger partial charge >= 0.3 is 5.97 Å². The average Bonchev–Trinajstić information content (AvgIpc) is 2.47. The van der Waals surface area contributed by atoms with Gasteiger partial charge in [-0.3, -0.25) is 4.98 Å². The highest BCUT2D eigenvalue weighted by atomic mass is 16.4. The van der Waals surface area contributed by atoms with Crippen LogP contribution < -0.4 is 0 Å². The minimum absolute atomic E-state index is 0.282. The fourth-order valence-electron chi connectivity index (χ4n) is 2.02. The fraction of sp³-hybridized carbons (Fsp3) is 0. The van der Waals surface area contributed by atoms with Crippen molar-refractivity contribution in [3.05, 3.63) is 66.4 Å². The second-order valence-electron chi connectivity index (χ2n) is 4.30. The average molecular weight is 249 g/mol. The number of carboxylic acid groups (broad SMARTS) is 1. The van der Waals surface area contributed by atoms with E-state index >= 15 is 0 Å². The normalized spacial score (nSPS) is 10.5. The number of nitrogens with zero attached hydrogens (tertiary/aromatic N) is 1. The van der Waals surface area contributed by atoms with E-state index in [9.17, 15) is 4.79 Å². The van der Waals surface area contributed by atoms with Crippen LogP contribution in [0.25, 0.3) is 22.0 Å². The Hall–Kier alpha value is -2.68. The van der Waals surface area contributed by atoms with Crippen LogP contribution in [0.2, 0.25) is 0 Å². The van der Waals surface area contributed by atoms with Gasteiger partial charge in [0.1, 0.15) is 0 Å². The zero-order valence-corrected chi connectivity index (χ0v) is 10.1. The molecule has 2 aromatic carbocycles. The molecule has 0 saturated heterocycles. The SMILES string of the molecule is O=C(O)c1ccc(-c2cc3ccccc3cn2)cc1. The number of carbonyl (C=O) groups is 1. The van der Waals surface area contributed by atoms with Gasteiger partial charge in [0.05, 0.1) is 11.3 Å². The van der Waals surface area contributed by atoms with E-state index in [-0.39, 0.29) is 5.56 Å². The van der Waals surface area contributed by atoms with Gasteiger partial charge in [-0.15, -0.1) is 0 Å². The molecule has 0 fully saturated rings. The lowest BCUT2D eigenvalue weighted by Gasteiger charge is -2.03. The van der Waals surface area contributed by atoms with Crippen molar-refractivity contribution in [3.63, 3.8) is 0 Å². The van der Waals surface area contributed by atoms with Crippen molar-refractivity contribution >= 4 is 16.7 Å². The summed E-state index contributed by atoms with van der Waals surface area (Å²) in [6.45, 7) is 0. The molecular weight excluding hydrogens is 238 g/mol.